The van der Waals surface area contributed by atoms with Crippen molar-refractivity contribution >= 4 is 86.9 Å². The standard InChI is InChI=1S/C38H53N3O5.C35H48N3O6.C34H46N3O6.2V/c1-22(42)34-38(5,6)33-21-41(34)36(44)29(37(2,3)4)19-25(43)18-28-24-14-13-23(17-24)27(28)11-9-8-10-12-31-35(46-33)40-32-20-26(45-7)15-16-30(32)39-31;1-33(2,3)24-19-30(40)44-35(6)17-11-13-22(35)12-9-8-10-14-26-31(37-27-18-23(42-7)15-16-25(27)36-26)43-29-20-38(32(24)41)28(21-39)34(29,4)5;1-33(2,3)23-18-30(39)42-27-14-10-12-21(27)11-8-7-9-13-25-31(36-26-17-22(41-6)15-16-24(26)35-25)43-29-19-37(32(23)40)28(20-38)34(29,4)5;;/h15-16,20,23-24,27-29,33-34H,8-14,17-19,21H2,1-7H3;15-16,18,22,24,28-29H,8-14,17,19-20H2,1-7H3;15-17,21,23,27-29H,7-14,18-19H2,1-6H3;;/q;2*-1;;/t23-,24+,27-,28-,29-,33+,34-;22-,24-,28-,29+,35-;21-,23-,27-,28-,29+;;/m111../s1. The topological polar surface area (TPSA) is 315 Å². The van der Waals surface area contributed by atoms with Gasteiger partial charge in [0, 0.05) is 79.5 Å². The van der Waals surface area contributed by atoms with Crippen molar-refractivity contribution in [2.75, 3.05) is 41.0 Å². The first-order chi connectivity index (χ1) is 63.0. The average Bonchev–Trinajstić information content (AvgIpc) is 1.60. The van der Waals surface area contributed by atoms with Gasteiger partial charge in [0.1, 0.15) is 70.1 Å². The predicted octanol–water partition coefficient (Wildman–Crippen LogP) is 18.6. The predicted molar refractivity (Wildman–Crippen MR) is 507 cm³/mol. The van der Waals surface area contributed by atoms with Gasteiger partial charge in [0.2, 0.25) is 35.4 Å². The van der Waals surface area contributed by atoms with Crippen LogP contribution >= 0.6 is 0 Å². The van der Waals surface area contributed by atoms with Crippen LogP contribution in [0.1, 0.15) is 295 Å². The molecule has 17 atom stereocenters. The van der Waals surface area contributed by atoms with Crippen LogP contribution in [-0.2, 0) is 109 Å². The van der Waals surface area contributed by atoms with Gasteiger partial charge in [-0.25, -0.2) is 42.5 Å². The number of rotatable bonds is 6. The molecule has 4 saturated carbocycles. The SMILES string of the molecule is COc1ccc2nc3c(nc2c1)O[C@H]1CN(C(=O)[C@H](C(C)(C)C)CC(=O)C[C@@H]2[C@H]4CC[C@H](C4)[C@H]2CCCCC3)[C@H](C(C)=O)C1(C)C.COc1ccc2nc3c(nc2c1)O[C@H]1CN(C(=O)[C@H](C(C)(C)C)CC(=O)O[C@@H]2CCC[C@H]2CCCCC3)[C@H]([C-]=O)C1(C)C.COc1ccc2nc3c(nc2c1)O[C@H]1CN(C(=O)[C@H](C(C)(C)C)CC(=O)O[C@]2(C)CCC[C@H]2CCCCC3)[C@H]([C-]=O)C1(C)C.[V].[V]. The molecule has 0 spiro atoms. The Labute approximate surface area is 823 Å². The number of amides is 3. The smallest absolute Gasteiger partial charge is 0.307 e. The number of hydrogen-bond donors (Lipinski definition) is 0. The second kappa shape index (κ2) is 43.2. The van der Waals surface area contributed by atoms with E-state index in [2.05, 4.69) is 19.5 Å². The molecular weight excluding hydrogens is 1790 g/mol. The van der Waals surface area contributed by atoms with Gasteiger partial charge in [-0.15, -0.1) is 0 Å². The van der Waals surface area contributed by atoms with Crippen LogP contribution in [0.25, 0.3) is 33.1 Å². The van der Waals surface area contributed by atoms with Crippen molar-refractivity contribution in [2.24, 2.45) is 85.8 Å². The largest absolute Gasteiger partial charge is 0.540 e. The van der Waals surface area contributed by atoms with Gasteiger partial charge >= 0.3 is 11.9 Å². The van der Waals surface area contributed by atoms with Gasteiger partial charge in [0.25, 0.3) is 0 Å². The summed E-state index contributed by atoms with van der Waals surface area (Å²) in [6.45, 7) is 33.7. The van der Waals surface area contributed by atoms with E-state index in [0.717, 1.165) is 162 Å². The average molecular weight is 1930 g/mol. The minimum absolute atomic E-state index is 0. The summed E-state index contributed by atoms with van der Waals surface area (Å²) in [5, 5.41) is 0. The molecular formula is C107H147N9O17V2-2. The van der Waals surface area contributed by atoms with Gasteiger partial charge < -0.3 is 62.2 Å². The first kappa shape index (κ1) is 106. The zero-order valence-corrected chi connectivity index (χ0v) is 86.5. The van der Waals surface area contributed by atoms with E-state index in [-0.39, 0.29) is 129 Å². The molecule has 16 rings (SSSR count). The summed E-state index contributed by atoms with van der Waals surface area (Å²) in [5.74, 6) is 3.34. The number of fused-ring (bicyclic) bond motifs is 19. The van der Waals surface area contributed by atoms with Crippen LogP contribution in [0.4, 0.5) is 0 Å². The van der Waals surface area contributed by atoms with E-state index in [0.29, 0.717) is 94.4 Å². The summed E-state index contributed by atoms with van der Waals surface area (Å²) in [5.41, 5.74) is 2.39. The molecule has 4 aliphatic carbocycles. The summed E-state index contributed by atoms with van der Waals surface area (Å²) in [6.07, 6.45) is 27.4. The number of carbonyl (C=O) groups is 7. The summed E-state index contributed by atoms with van der Waals surface area (Å²) in [4.78, 5) is 156. The van der Waals surface area contributed by atoms with Crippen LogP contribution < -0.4 is 28.4 Å². The number of aryl methyl sites for hydroxylation is 3. The molecule has 0 N–H and O–H groups in total. The molecule has 7 fully saturated rings. The van der Waals surface area contributed by atoms with Gasteiger partial charge in [-0.3, -0.25) is 33.6 Å². The number of aromatic nitrogens is 6. The first-order valence-electron chi connectivity index (χ1n) is 49.6. The Balaban J connectivity index is 0.000000181. The van der Waals surface area contributed by atoms with Crippen LogP contribution in [0.2, 0.25) is 0 Å². The molecule has 3 aromatic carbocycles. The van der Waals surface area contributed by atoms with Gasteiger partial charge in [0.15, 0.2) is 5.78 Å². The molecule has 26 nitrogen and oxygen atoms in total. The number of methoxy groups -OCH3 is 3. The summed E-state index contributed by atoms with van der Waals surface area (Å²) >= 11 is 0. The van der Waals surface area contributed by atoms with Crippen molar-refractivity contribution in [1.82, 2.24) is 44.6 Å². The zero-order chi connectivity index (χ0) is 95.8. The van der Waals surface area contributed by atoms with Crippen molar-refractivity contribution in [1.29, 1.82) is 0 Å². The van der Waals surface area contributed by atoms with E-state index >= 15 is 0 Å². The van der Waals surface area contributed by atoms with Crippen LogP contribution in [-0.4, -0.2) is 188 Å². The van der Waals surface area contributed by atoms with E-state index in [1.54, 1.807) is 43.0 Å². The monoisotopic (exact) mass is 1930 g/mol. The summed E-state index contributed by atoms with van der Waals surface area (Å²) in [7, 11) is 4.85. The van der Waals surface area contributed by atoms with Crippen molar-refractivity contribution < 1.29 is 118 Å². The van der Waals surface area contributed by atoms with Crippen LogP contribution in [0, 0.1) is 85.8 Å². The minimum Gasteiger partial charge on any atom is -0.540 e. The van der Waals surface area contributed by atoms with Crippen molar-refractivity contribution in [3.05, 3.63) is 71.7 Å². The second-order valence-electron chi connectivity index (χ2n) is 45.5. The fraction of sp³-hybridized carbons (Fsp3) is 0.692. The van der Waals surface area contributed by atoms with E-state index < -0.39 is 92.3 Å². The Morgan fingerprint density at radius 3 is 1.24 bits per heavy atom. The number of nitrogens with zero attached hydrogens (tertiary/aromatic N) is 9. The summed E-state index contributed by atoms with van der Waals surface area (Å²) < 4.78 is 48.6. The Bertz CT molecular complexity index is 5280. The van der Waals surface area contributed by atoms with Crippen LogP contribution in [0.3, 0.4) is 0 Å². The Morgan fingerprint density at radius 2 is 0.807 bits per heavy atom. The molecule has 9 heterocycles. The molecule has 734 valence electrons. The number of esters is 2. The molecule has 8 bridgehead atoms. The van der Waals surface area contributed by atoms with Gasteiger partial charge in [-0.2, -0.15) is 0 Å². The molecule has 3 aromatic heterocycles. The van der Waals surface area contributed by atoms with Crippen LogP contribution in [0.15, 0.2) is 54.6 Å². The third-order valence-corrected chi connectivity index (χ3v) is 32.2. The Kier molecular flexibility index (Phi) is 33.8. The van der Waals surface area contributed by atoms with E-state index in [4.69, 9.17) is 67.8 Å². The molecule has 135 heavy (non-hydrogen) atoms. The van der Waals surface area contributed by atoms with Crippen molar-refractivity contribution in [3.63, 3.8) is 0 Å². The fourth-order valence-electron chi connectivity index (χ4n) is 23.9. The molecule has 10 aliphatic rings. The normalized spacial score (nSPS) is 29.8. The number of ketones is 2. The molecule has 6 aromatic rings. The maximum absolute atomic E-state index is 14.6. The quantitative estimate of drug-likeness (QED) is 0.110. The van der Waals surface area contributed by atoms with Gasteiger partial charge in [-0.05, 0) is 228 Å². The van der Waals surface area contributed by atoms with Crippen molar-refractivity contribution in [3.8, 4) is 34.9 Å². The third-order valence-electron chi connectivity index (χ3n) is 32.2. The maximum Gasteiger partial charge on any atom is 0.307 e. The third kappa shape index (κ3) is 23.2. The molecule has 28 heteroatoms. The number of benzene rings is 3. The maximum atomic E-state index is 14.6. The molecule has 6 aliphatic heterocycles. The number of hydrogen-bond acceptors (Lipinski definition) is 23. The van der Waals surface area contributed by atoms with Gasteiger partial charge in [-0.1, -0.05) is 154 Å². The molecule has 3 amide bonds. The van der Waals surface area contributed by atoms with E-state index in [1.807, 2.05) is 158 Å². The van der Waals surface area contributed by atoms with Gasteiger partial charge in [0.05, 0.1) is 105 Å². The number of Topliss-reactive ketones (excluding diaryl/α,β-unsaturated/α-hetero) is 2. The number of ether oxygens (including phenoxy) is 8. The Hall–Kier alpha value is -8.32. The van der Waals surface area contributed by atoms with E-state index in [9.17, 15) is 43.2 Å². The molecule has 0 unspecified atom stereocenters. The van der Waals surface area contributed by atoms with Crippen LogP contribution in [0.5, 0.6) is 34.9 Å². The Morgan fingerprint density at radius 1 is 0.415 bits per heavy atom. The zero-order valence-electron chi connectivity index (χ0n) is 83.7. The summed E-state index contributed by atoms with van der Waals surface area (Å²) in [6, 6.07) is 14.5. The van der Waals surface area contributed by atoms with E-state index in [1.165, 1.54) is 19.3 Å². The first-order valence-corrected chi connectivity index (χ1v) is 49.6. The van der Waals surface area contributed by atoms with Crippen molar-refractivity contribution in [2.45, 2.75) is 346 Å². The number of carbonyl (C=O) groups excluding carboxylic acids is 9. The molecule has 3 saturated heterocycles. The molecule has 2 radical (unpaired) electrons. The minimum atomic E-state index is -0.850. The fourth-order valence-corrected chi connectivity index (χ4v) is 23.9. The second-order valence-corrected chi connectivity index (χ2v) is 45.5.